The van der Waals surface area contributed by atoms with Crippen molar-refractivity contribution in [3.8, 4) is 5.75 Å². The molecule has 0 bridgehead atoms. The predicted octanol–water partition coefficient (Wildman–Crippen LogP) is 1.60. The summed E-state index contributed by atoms with van der Waals surface area (Å²) in [6.07, 6.45) is 0. The van der Waals surface area contributed by atoms with E-state index in [2.05, 4.69) is 42.3 Å². The van der Waals surface area contributed by atoms with Crippen LogP contribution in [0.5, 0.6) is 5.75 Å². The van der Waals surface area contributed by atoms with Gasteiger partial charge in [0.15, 0.2) is 0 Å². The van der Waals surface area contributed by atoms with E-state index in [0.717, 1.165) is 45.1 Å². The summed E-state index contributed by atoms with van der Waals surface area (Å²) < 4.78 is 11.5. The molecule has 1 fully saturated rings. The second kappa shape index (κ2) is 8.25. The summed E-state index contributed by atoms with van der Waals surface area (Å²) in [4.78, 5) is 2.43. The molecule has 0 spiro atoms. The molecule has 0 radical (unpaired) electrons. The number of rotatable bonds is 7. The number of nitrogens with one attached hydrogen (secondary N) is 1. The molecule has 1 heterocycles. The van der Waals surface area contributed by atoms with E-state index in [1.807, 2.05) is 0 Å². The Hall–Kier alpha value is -1.10. The second-order valence-corrected chi connectivity index (χ2v) is 5.27. The first kappa shape index (κ1) is 15.3. The summed E-state index contributed by atoms with van der Waals surface area (Å²) in [5.74, 6) is 0.998. The minimum atomic E-state index is 0.618. The fourth-order valence-electron chi connectivity index (χ4n) is 2.46. The molecule has 0 amide bonds. The smallest absolute Gasteiger partial charge is 0.125 e. The summed E-state index contributed by atoms with van der Waals surface area (Å²) in [5.41, 5.74) is 2.37. The zero-order valence-corrected chi connectivity index (χ0v) is 12.7. The summed E-state index contributed by atoms with van der Waals surface area (Å²) in [5, 5.41) is 3.35. The molecule has 20 heavy (non-hydrogen) atoms. The largest absolute Gasteiger partial charge is 0.491 e. The zero-order chi connectivity index (χ0) is 14.2. The molecule has 0 aliphatic carbocycles. The lowest BCUT2D eigenvalue weighted by molar-refractivity contribution is 0.0764. The normalized spacial score (nSPS) is 16.3. The van der Waals surface area contributed by atoms with Crippen molar-refractivity contribution < 1.29 is 9.47 Å². The molecular formula is C16H26N2O2. The molecule has 4 heteroatoms. The number of hydrogen-bond donors (Lipinski definition) is 1. The molecule has 1 aliphatic heterocycles. The summed E-state index contributed by atoms with van der Waals surface area (Å²) >= 11 is 0. The van der Waals surface area contributed by atoms with Gasteiger partial charge < -0.3 is 14.8 Å². The van der Waals surface area contributed by atoms with Crippen molar-refractivity contribution in [2.45, 2.75) is 13.8 Å². The van der Waals surface area contributed by atoms with Crippen molar-refractivity contribution >= 4 is 0 Å². The van der Waals surface area contributed by atoms with Gasteiger partial charge in [-0.3, -0.25) is 4.90 Å². The van der Waals surface area contributed by atoms with Crippen LogP contribution in [-0.2, 0) is 4.74 Å². The third-order valence-corrected chi connectivity index (χ3v) is 3.64. The van der Waals surface area contributed by atoms with Crippen LogP contribution in [0, 0.1) is 13.8 Å². The second-order valence-electron chi connectivity index (χ2n) is 5.27. The Bertz CT molecular complexity index is 383. The van der Waals surface area contributed by atoms with Gasteiger partial charge in [-0.15, -0.1) is 0 Å². The maximum absolute atomic E-state index is 5.81. The van der Waals surface area contributed by atoms with E-state index in [0.29, 0.717) is 13.2 Å². The minimum Gasteiger partial charge on any atom is -0.491 e. The minimum absolute atomic E-state index is 0.618. The lowest BCUT2D eigenvalue weighted by Gasteiger charge is -2.26. The number of para-hydroxylation sites is 1. The van der Waals surface area contributed by atoms with Gasteiger partial charge in [0.05, 0.1) is 13.2 Å². The number of ether oxygens (including phenoxy) is 2. The first-order valence-electron chi connectivity index (χ1n) is 7.47. The van der Waals surface area contributed by atoms with Crippen LogP contribution < -0.4 is 10.1 Å². The molecule has 0 aromatic heterocycles. The molecule has 1 N–H and O–H groups in total. The monoisotopic (exact) mass is 278 g/mol. The van der Waals surface area contributed by atoms with Crippen LogP contribution >= 0.6 is 0 Å². The van der Waals surface area contributed by atoms with Crippen LogP contribution in [0.2, 0.25) is 0 Å². The lowest BCUT2D eigenvalue weighted by Crippen LogP contribution is -2.44. The van der Waals surface area contributed by atoms with Gasteiger partial charge in [0.25, 0.3) is 0 Å². The Morgan fingerprint density at radius 2 is 1.75 bits per heavy atom. The number of hydrogen-bond acceptors (Lipinski definition) is 4. The molecule has 1 saturated heterocycles. The van der Waals surface area contributed by atoms with Crippen molar-refractivity contribution in [2.75, 3.05) is 52.5 Å². The van der Waals surface area contributed by atoms with Crippen molar-refractivity contribution in [3.05, 3.63) is 29.3 Å². The number of piperazine rings is 1. The number of aryl methyl sites for hydroxylation is 2. The first-order chi connectivity index (χ1) is 9.77. The van der Waals surface area contributed by atoms with Gasteiger partial charge in [-0.1, -0.05) is 18.2 Å². The Morgan fingerprint density at radius 1 is 1.05 bits per heavy atom. The zero-order valence-electron chi connectivity index (χ0n) is 12.7. The molecule has 4 nitrogen and oxygen atoms in total. The summed E-state index contributed by atoms with van der Waals surface area (Å²) in [6.45, 7) is 11.7. The maximum atomic E-state index is 5.81. The van der Waals surface area contributed by atoms with Gasteiger partial charge in [0.1, 0.15) is 12.4 Å². The van der Waals surface area contributed by atoms with E-state index < -0.39 is 0 Å². The highest BCUT2D eigenvalue weighted by Crippen LogP contribution is 2.21. The summed E-state index contributed by atoms with van der Waals surface area (Å²) in [7, 11) is 0. The van der Waals surface area contributed by atoms with E-state index >= 15 is 0 Å². The van der Waals surface area contributed by atoms with Crippen molar-refractivity contribution in [2.24, 2.45) is 0 Å². The van der Waals surface area contributed by atoms with Gasteiger partial charge in [-0.05, 0) is 25.0 Å². The van der Waals surface area contributed by atoms with Crippen molar-refractivity contribution in [1.82, 2.24) is 10.2 Å². The van der Waals surface area contributed by atoms with Gasteiger partial charge in [-0.2, -0.15) is 0 Å². The van der Waals surface area contributed by atoms with E-state index in [9.17, 15) is 0 Å². The van der Waals surface area contributed by atoms with E-state index in [-0.39, 0.29) is 0 Å². The topological polar surface area (TPSA) is 33.7 Å². The molecular weight excluding hydrogens is 252 g/mol. The Balaban J connectivity index is 1.57. The fourth-order valence-corrected chi connectivity index (χ4v) is 2.46. The van der Waals surface area contributed by atoms with Crippen molar-refractivity contribution in [3.63, 3.8) is 0 Å². The SMILES string of the molecule is Cc1cccc(C)c1OCCOCCN1CCNCC1. The fraction of sp³-hybridized carbons (Fsp3) is 0.625. The first-order valence-corrected chi connectivity index (χ1v) is 7.47. The highest BCUT2D eigenvalue weighted by molar-refractivity contribution is 5.39. The lowest BCUT2D eigenvalue weighted by atomic mass is 10.1. The van der Waals surface area contributed by atoms with E-state index in [1.54, 1.807) is 0 Å². The third kappa shape index (κ3) is 4.78. The average molecular weight is 278 g/mol. The standard InChI is InChI=1S/C16H26N2O2/c1-14-4-3-5-15(2)16(14)20-13-12-19-11-10-18-8-6-17-7-9-18/h3-5,17H,6-13H2,1-2H3. The summed E-state index contributed by atoms with van der Waals surface area (Å²) in [6, 6.07) is 6.21. The number of nitrogens with zero attached hydrogens (tertiary/aromatic N) is 1. The highest BCUT2D eigenvalue weighted by Gasteiger charge is 2.08. The van der Waals surface area contributed by atoms with E-state index in [1.165, 1.54) is 11.1 Å². The van der Waals surface area contributed by atoms with E-state index in [4.69, 9.17) is 9.47 Å². The van der Waals surface area contributed by atoms with Gasteiger partial charge in [0.2, 0.25) is 0 Å². The van der Waals surface area contributed by atoms with Gasteiger partial charge >= 0.3 is 0 Å². The Kier molecular flexibility index (Phi) is 6.30. The van der Waals surface area contributed by atoms with Crippen molar-refractivity contribution in [1.29, 1.82) is 0 Å². The Labute approximate surface area is 122 Å². The van der Waals surface area contributed by atoms with Gasteiger partial charge in [-0.25, -0.2) is 0 Å². The van der Waals surface area contributed by atoms with Crippen LogP contribution in [0.4, 0.5) is 0 Å². The van der Waals surface area contributed by atoms with Crippen LogP contribution in [0.15, 0.2) is 18.2 Å². The molecule has 0 unspecified atom stereocenters. The molecule has 0 saturated carbocycles. The molecule has 0 atom stereocenters. The number of benzene rings is 1. The maximum Gasteiger partial charge on any atom is 0.125 e. The van der Waals surface area contributed by atoms with Crippen LogP contribution in [0.1, 0.15) is 11.1 Å². The average Bonchev–Trinajstić information content (AvgIpc) is 2.46. The van der Waals surface area contributed by atoms with Crippen LogP contribution in [0.3, 0.4) is 0 Å². The quantitative estimate of drug-likeness (QED) is 0.768. The highest BCUT2D eigenvalue weighted by atomic mass is 16.5. The van der Waals surface area contributed by atoms with Gasteiger partial charge in [0, 0.05) is 32.7 Å². The Morgan fingerprint density at radius 3 is 2.45 bits per heavy atom. The third-order valence-electron chi connectivity index (χ3n) is 3.64. The molecule has 112 valence electrons. The molecule has 2 rings (SSSR count). The molecule has 1 aliphatic rings. The molecule has 1 aromatic rings. The van der Waals surface area contributed by atoms with Crippen LogP contribution in [-0.4, -0.2) is 57.4 Å². The van der Waals surface area contributed by atoms with Crippen LogP contribution in [0.25, 0.3) is 0 Å². The predicted molar refractivity (Wildman–Crippen MR) is 81.5 cm³/mol. The molecule has 1 aromatic carbocycles.